The van der Waals surface area contributed by atoms with E-state index >= 15 is 0 Å². The van der Waals surface area contributed by atoms with Crippen molar-refractivity contribution in [3.8, 4) is 29.7 Å². The number of aromatic hydroxyl groups is 1. The van der Waals surface area contributed by atoms with Gasteiger partial charge in [0.1, 0.15) is 17.9 Å². The maximum absolute atomic E-state index is 13.6. The molecule has 0 spiro atoms. The van der Waals surface area contributed by atoms with Crippen LogP contribution in [-0.2, 0) is 4.79 Å². The summed E-state index contributed by atoms with van der Waals surface area (Å²) in [6.45, 7) is 0.0845. The summed E-state index contributed by atoms with van der Waals surface area (Å²) in [7, 11) is 1.42. The van der Waals surface area contributed by atoms with Gasteiger partial charge in [-0.3, -0.25) is 4.79 Å². The fraction of sp³-hybridized carbons (Fsp3) is 0.278. The number of rotatable bonds is 3. The van der Waals surface area contributed by atoms with Crippen LogP contribution in [0.15, 0.2) is 17.7 Å². The minimum Gasteiger partial charge on any atom is -0.506 e. The van der Waals surface area contributed by atoms with E-state index in [9.17, 15) is 24.7 Å². The van der Waals surface area contributed by atoms with E-state index in [0.717, 1.165) is 29.9 Å². The molecular weight excluding hydrogens is 325 g/mol. The summed E-state index contributed by atoms with van der Waals surface area (Å²) >= 11 is 0. The van der Waals surface area contributed by atoms with Crippen LogP contribution < -0.4 is 0 Å². The van der Waals surface area contributed by atoms with Gasteiger partial charge in [-0.25, -0.2) is 4.39 Å². The maximum Gasteiger partial charge on any atom is 0.268 e. The molecule has 0 heterocycles. The SMILES string of the molecule is CN(CC#CC1CC1)C(=O)/C(C#N)=C(\O)c1cc(F)c(O)c(C#N)c1. The lowest BCUT2D eigenvalue weighted by Gasteiger charge is -2.14. The predicted octanol–water partition coefficient (Wildman–Crippen LogP) is 2.07. The zero-order valence-corrected chi connectivity index (χ0v) is 13.4. The van der Waals surface area contributed by atoms with Crippen molar-refractivity contribution in [2.75, 3.05) is 13.6 Å². The molecule has 1 aromatic rings. The molecule has 1 amide bonds. The first-order valence-electron chi connectivity index (χ1n) is 7.39. The molecule has 1 fully saturated rings. The number of aliphatic hydroxyl groups excluding tert-OH is 1. The van der Waals surface area contributed by atoms with Crippen molar-refractivity contribution in [1.82, 2.24) is 4.90 Å². The largest absolute Gasteiger partial charge is 0.506 e. The van der Waals surface area contributed by atoms with E-state index in [1.165, 1.54) is 7.05 Å². The molecule has 0 radical (unpaired) electrons. The monoisotopic (exact) mass is 339 g/mol. The maximum atomic E-state index is 13.6. The summed E-state index contributed by atoms with van der Waals surface area (Å²) < 4.78 is 13.6. The van der Waals surface area contributed by atoms with Gasteiger partial charge in [0.25, 0.3) is 5.91 Å². The van der Waals surface area contributed by atoms with Gasteiger partial charge in [0.15, 0.2) is 17.1 Å². The lowest BCUT2D eigenvalue weighted by atomic mass is 10.0. The molecule has 2 N–H and O–H groups in total. The quantitative estimate of drug-likeness (QED) is 0.379. The Morgan fingerprint density at radius 2 is 2.08 bits per heavy atom. The third kappa shape index (κ3) is 4.07. The molecule has 0 atom stereocenters. The van der Waals surface area contributed by atoms with Crippen molar-refractivity contribution in [3.63, 3.8) is 0 Å². The van der Waals surface area contributed by atoms with Gasteiger partial charge in [0.2, 0.25) is 0 Å². The molecule has 1 aromatic carbocycles. The van der Waals surface area contributed by atoms with Gasteiger partial charge in [0.05, 0.1) is 12.1 Å². The first-order valence-corrected chi connectivity index (χ1v) is 7.39. The smallest absolute Gasteiger partial charge is 0.268 e. The predicted molar refractivity (Wildman–Crippen MR) is 86.1 cm³/mol. The Kier molecular flexibility index (Phi) is 5.27. The summed E-state index contributed by atoms with van der Waals surface area (Å²) in [4.78, 5) is 13.5. The molecule has 126 valence electrons. The molecule has 0 aliphatic heterocycles. The van der Waals surface area contributed by atoms with Crippen molar-refractivity contribution >= 4 is 11.7 Å². The highest BCUT2D eigenvalue weighted by Crippen LogP contribution is 2.28. The number of hydrogen-bond donors (Lipinski definition) is 2. The minimum absolute atomic E-state index is 0.0845. The highest BCUT2D eigenvalue weighted by atomic mass is 19.1. The van der Waals surface area contributed by atoms with E-state index in [0.29, 0.717) is 5.92 Å². The van der Waals surface area contributed by atoms with E-state index in [1.807, 2.05) is 0 Å². The topological polar surface area (TPSA) is 108 Å². The minimum atomic E-state index is -1.14. The Balaban J connectivity index is 2.32. The standard InChI is InChI=1S/C18H14FN3O3/c1-22(6-2-3-11-4-5-11)18(25)14(10-21)16(23)12-7-13(9-20)17(24)15(19)8-12/h7-8,11,23-24H,4-6H2,1H3/b16-14-. The number of amides is 1. The molecule has 1 aliphatic carbocycles. The van der Waals surface area contributed by atoms with E-state index in [2.05, 4.69) is 11.8 Å². The number of benzene rings is 1. The second-order valence-corrected chi connectivity index (χ2v) is 5.56. The highest BCUT2D eigenvalue weighted by molar-refractivity contribution is 6.03. The van der Waals surface area contributed by atoms with Crippen molar-refractivity contribution in [2.24, 2.45) is 5.92 Å². The van der Waals surface area contributed by atoms with Crippen LogP contribution in [0.1, 0.15) is 24.0 Å². The number of hydrogen-bond acceptors (Lipinski definition) is 5. The Hall–Kier alpha value is -3.50. The second-order valence-electron chi connectivity index (χ2n) is 5.56. The first kappa shape index (κ1) is 17.8. The van der Waals surface area contributed by atoms with Crippen LogP contribution in [0.3, 0.4) is 0 Å². The Labute approximate surface area is 144 Å². The zero-order valence-electron chi connectivity index (χ0n) is 13.4. The number of carbonyl (C=O) groups is 1. The average molecular weight is 339 g/mol. The third-order valence-electron chi connectivity index (χ3n) is 3.57. The summed E-state index contributed by atoms with van der Waals surface area (Å²) in [5.74, 6) is 2.60. The molecule has 1 aliphatic rings. The number of halogens is 1. The molecule has 2 rings (SSSR count). The summed E-state index contributed by atoms with van der Waals surface area (Å²) in [6, 6.07) is 4.88. The van der Waals surface area contributed by atoms with Crippen LogP contribution in [0.25, 0.3) is 5.76 Å². The van der Waals surface area contributed by atoms with Gasteiger partial charge in [-0.1, -0.05) is 11.8 Å². The molecule has 0 aromatic heterocycles. The van der Waals surface area contributed by atoms with Crippen LogP contribution in [-0.4, -0.2) is 34.6 Å². The second kappa shape index (κ2) is 7.38. The number of nitrogens with zero attached hydrogens (tertiary/aromatic N) is 3. The summed E-state index contributed by atoms with van der Waals surface area (Å²) in [5.41, 5.74) is -1.28. The lowest BCUT2D eigenvalue weighted by Crippen LogP contribution is -2.28. The zero-order chi connectivity index (χ0) is 18.6. The Morgan fingerprint density at radius 1 is 1.40 bits per heavy atom. The normalized spacial score (nSPS) is 13.6. The summed E-state index contributed by atoms with van der Waals surface area (Å²) in [6.07, 6.45) is 2.09. The molecular formula is C18H14FN3O3. The van der Waals surface area contributed by atoms with Crippen LogP contribution in [0.5, 0.6) is 5.75 Å². The van der Waals surface area contributed by atoms with Crippen LogP contribution in [0, 0.1) is 46.2 Å². The third-order valence-corrected chi connectivity index (χ3v) is 3.57. The van der Waals surface area contributed by atoms with Crippen LogP contribution in [0.4, 0.5) is 4.39 Å². The van der Waals surface area contributed by atoms with Gasteiger partial charge in [-0.15, -0.1) is 0 Å². The Morgan fingerprint density at radius 3 is 2.64 bits per heavy atom. The Bertz CT molecular complexity index is 893. The van der Waals surface area contributed by atoms with Crippen molar-refractivity contribution in [1.29, 1.82) is 10.5 Å². The van der Waals surface area contributed by atoms with Gasteiger partial charge in [-0.2, -0.15) is 10.5 Å². The van der Waals surface area contributed by atoms with Crippen LogP contribution >= 0.6 is 0 Å². The van der Waals surface area contributed by atoms with Gasteiger partial charge < -0.3 is 15.1 Å². The van der Waals surface area contributed by atoms with E-state index < -0.39 is 34.4 Å². The van der Waals surface area contributed by atoms with E-state index in [1.54, 1.807) is 12.1 Å². The molecule has 0 saturated heterocycles. The van der Waals surface area contributed by atoms with Crippen molar-refractivity contribution < 1.29 is 19.4 Å². The number of nitriles is 2. The first-order chi connectivity index (χ1) is 11.9. The number of aliphatic hydroxyl groups is 1. The summed E-state index contributed by atoms with van der Waals surface area (Å²) in [5, 5.41) is 37.6. The van der Waals surface area contributed by atoms with Crippen molar-refractivity contribution in [2.45, 2.75) is 12.8 Å². The number of carbonyl (C=O) groups excluding carboxylic acids is 1. The van der Waals surface area contributed by atoms with E-state index in [4.69, 9.17) is 5.26 Å². The number of phenols is 1. The molecule has 7 heteroatoms. The van der Waals surface area contributed by atoms with Gasteiger partial charge >= 0.3 is 0 Å². The molecule has 25 heavy (non-hydrogen) atoms. The number of likely N-dealkylation sites (N-methyl/N-ethyl adjacent to an activating group) is 1. The lowest BCUT2D eigenvalue weighted by molar-refractivity contribution is -0.124. The molecule has 1 saturated carbocycles. The fourth-order valence-corrected chi connectivity index (χ4v) is 1.97. The molecule has 6 nitrogen and oxygen atoms in total. The molecule has 0 unspecified atom stereocenters. The van der Waals surface area contributed by atoms with E-state index in [-0.39, 0.29) is 12.1 Å². The average Bonchev–Trinajstić information content (AvgIpc) is 3.41. The highest BCUT2D eigenvalue weighted by Gasteiger charge is 2.22. The number of phenolic OH excluding ortho intramolecular Hbond substituents is 1. The fourth-order valence-electron chi connectivity index (χ4n) is 1.97. The van der Waals surface area contributed by atoms with Crippen LogP contribution in [0.2, 0.25) is 0 Å². The van der Waals surface area contributed by atoms with Crippen molar-refractivity contribution in [3.05, 3.63) is 34.6 Å². The molecule has 0 bridgehead atoms. The van der Waals surface area contributed by atoms with Gasteiger partial charge in [0, 0.05) is 18.5 Å². The van der Waals surface area contributed by atoms with Gasteiger partial charge in [-0.05, 0) is 25.0 Å².